The van der Waals surface area contributed by atoms with Crippen LogP contribution in [0.5, 0.6) is 0 Å². The van der Waals surface area contributed by atoms with Crippen LogP contribution in [0.2, 0.25) is 0 Å². The van der Waals surface area contributed by atoms with Gasteiger partial charge >= 0.3 is 0 Å². The fourth-order valence-corrected chi connectivity index (χ4v) is 3.95. The zero-order valence-electron chi connectivity index (χ0n) is 16.1. The Balaban J connectivity index is 0.00000109. The van der Waals surface area contributed by atoms with E-state index in [0.717, 1.165) is 11.8 Å². The lowest BCUT2D eigenvalue weighted by atomic mass is 9.94. The van der Waals surface area contributed by atoms with Gasteiger partial charge in [-0.2, -0.15) is 0 Å². The van der Waals surface area contributed by atoms with E-state index in [1.54, 1.807) is 5.56 Å². The van der Waals surface area contributed by atoms with Crippen LogP contribution in [0.1, 0.15) is 68.1 Å². The van der Waals surface area contributed by atoms with Crippen molar-refractivity contribution in [3.8, 4) is 0 Å². The van der Waals surface area contributed by atoms with E-state index in [1.807, 2.05) is 0 Å². The van der Waals surface area contributed by atoms with Gasteiger partial charge in [0.2, 0.25) is 0 Å². The molecule has 136 valence electrons. The van der Waals surface area contributed by atoms with Gasteiger partial charge in [0.1, 0.15) is 0 Å². The molecule has 1 nitrogen and oxygen atoms in total. The Morgan fingerprint density at radius 2 is 1.36 bits per heavy atom. The third-order valence-electron chi connectivity index (χ3n) is 5.42. The van der Waals surface area contributed by atoms with Gasteiger partial charge < -0.3 is 5.73 Å². The smallest absolute Gasteiger partial charge is 0.0159 e. The van der Waals surface area contributed by atoms with Crippen LogP contribution in [0, 0.1) is 5.92 Å². The Kier molecular flexibility index (Phi) is 8.76. The molecule has 0 aliphatic heterocycles. The lowest BCUT2D eigenvalue weighted by molar-refractivity contribution is 0.596. The molecule has 0 radical (unpaired) electrons. The fourth-order valence-electron chi connectivity index (χ4n) is 3.95. The van der Waals surface area contributed by atoms with Crippen LogP contribution < -0.4 is 5.73 Å². The molecule has 0 saturated heterocycles. The second kappa shape index (κ2) is 11.1. The third kappa shape index (κ3) is 6.66. The van der Waals surface area contributed by atoms with Crippen LogP contribution in [0.15, 0.2) is 54.6 Å². The Morgan fingerprint density at radius 1 is 0.760 bits per heavy atom. The first-order valence-corrected chi connectivity index (χ1v) is 10.0. The first-order chi connectivity index (χ1) is 12.3. The maximum absolute atomic E-state index is 4.50. The summed E-state index contributed by atoms with van der Waals surface area (Å²) in [6, 6.07) is 20.4. The SMILES string of the molecule is CC1CCC(c2ccc(CCCCCc3ccccc3)cc2)C1.CN. The Bertz CT molecular complexity index is 573. The highest BCUT2D eigenvalue weighted by Gasteiger charge is 2.22. The van der Waals surface area contributed by atoms with Crippen molar-refractivity contribution in [2.24, 2.45) is 11.7 Å². The molecule has 0 aromatic heterocycles. The molecule has 2 aromatic carbocycles. The predicted octanol–water partition coefficient (Wildman–Crippen LogP) is 6.12. The van der Waals surface area contributed by atoms with Gasteiger partial charge in [-0.05, 0) is 74.1 Å². The topological polar surface area (TPSA) is 26.0 Å². The number of hydrogen-bond donors (Lipinski definition) is 1. The van der Waals surface area contributed by atoms with Crippen LogP contribution in [0.3, 0.4) is 0 Å². The van der Waals surface area contributed by atoms with Gasteiger partial charge in [0.05, 0.1) is 0 Å². The lowest BCUT2D eigenvalue weighted by Crippen LogP contribution is -1.94. The van der Waals surface area contributed by atoms with Crippen molar-refractivity contribution in [3.05, 3.63) is 71.3 Å². The first-order valence-electron chi connectivity index (χ1n) is 10.0. The second-order valence-electron chi connectivity index (χ2n) is 7.40. The highest BCUT2D eigenvalue weighted by molar-refractivity contribution is 5.26. The van der Waals surface area contributed by atoms with Crippen LogP contribution in [-0.2, 0) is 12.8 Å². The van der Waals surface area contributed by atoms with E-state index >= 15 is 0 Å². The van der Waals surface area contributed by atoms with E-state index in [1.165, 1.54) is 69.5 Å². The van der Waals surface area contributed by atoms with Crippen molar-refractivity contribution in [1.29, 1.82) is 0 Å². The van der Waals surface area contributed by atoms with Gasteiger partial charge in [-0.15, -0.1) is 0 Å². The average Bonchev–Trinajstić information content (AvgIpc) is 3.11. The Morgan fingerprint density at radius 3 is 1.92 bits per heavy atom. The van der Waals surface area contributed by atoms with E-state index < -0.39 is 0 Å². The zero-order valence-corrected chi connectivity index (χ0v) is 16.1. The van der Waals surface area contributed by atoms with Crippen LogP contribution >= 0.6 is 0 Å². The molecule has 1 aliphatic rings. The van der Waals surface area contributed by atoms with E-state index in [-0.39, 0.29) is 0 Å². The molecule has 2 aromatic rings. The van der Waals surface area contributed by atoms with Crippen molar-refractivity contribution < 1.29 is 0 Å². The lowest BCUT2D eigenvalue weighted by Gasteiger charge is -2.11. The summed E-state index contributed by atoms with van der Waals surface area (Å²) in [7, 11) is 1.50. The largest absolute Gasteiger partial charge is 0.333 e. The van der Waals surface area contributed by atoms with E-state index in [2.05, 4.69) is 67.3 Å². The molecule has 1 heteroatoms. The van der Waals surface area contributed by atoms with Gasteiger partial charge in [0, 0.05) is 0 Å². The monoisotopic (exact) mass is 337 g/mol. The number of rotatable bonds is 7. The fraction of sp³-hybridized carbons (Fsp3) is 0.500. The summed E-state index contributed by atoms with van der Waals surface area (Å²) in [5.74, 6) is 1.74. The van der Waals surface area contributed by atoms with Crippen molar-refractivity contribution in [1.82, 2.24) is 0 Å². The summed E-state index contributed by atoms with van der Waals surface area (Å²) < 4.78 is 0. The van der Waals surface area contributed by atoms with Crippen molar-refractivity contribution in [3.63, 3.8) is 0 Å². The minimum Gasteiger partial charge on any atom is -0.333 e. The van der Waals surface area contributed by atoms with Gasteiger partial charge in [-0.3, -0.25) is 0 Å². The highest BCUT2D eigenvalue weighted by atomic mass is 14.4. The predicted molar refractivity (Wildman–Crippen MR) is 110 cm³/mol. The van der Waals surface area contributed by atoms with Crippen LogP contribution in [-0.4, -0.2) is 7.05 Å². The van der Waals surface area contributed by atoms with Gasteiger partial charge in [-0.25, -0.2) is 0 Å². The number of hydrogen-bond acceptors (Lipinski definition) is 1. The molecule has 2 unspecified atom stereocenters. The standard InChI is InChI=1S/C23H30.CH5N/c1-19-12-15-23(18-19)22-16-13-21(14-17-22)11-7-3-6-10-20-8-4-2-5-9-20;1-2/h2,4-5,8-9,13-14,16-17,19,23H,3,6-7,10-12,15,18H2,1H3;2H2,1H3. The molecule has 1 fully saturated rings. The quantitative estimate of drug-likeness (QED) is 0.605. The molecule has 0 spiro atoms. The third-order valence-corrected chi connectivity index (χ3v) is 5.42. The second-order valence-corrected chi connectivity index (χ2v) is 7.40. The molecule has 0 bridgehead atoms. The zero-order chi connectivity index (χ0) is 17.9. The number of unbranched alkanes of at least 4 members (excludes halogenated alkanes) is 2. The minimum absolute atomic E-state index is 0.824. The number of aryl methyl sites for hydroxylation is 2. The Labute approximate surface area is 154 Å². The van der Waals surface area contributed by atoms with Gasteiger partial charge in [-0.1, -0.05) is 74.4 Å². The molecular formula is C24H35N. The summed E-state index contributed by atoms with van der Waals surface area (Å²) in [6.45, 7) is 2.39. The maximum atomic E-state index is 4.50. The van der Waals surface area contributed by atoms with Gasteiger partial charge in [0.25, 0.3) is 0 Å². The summed E-state index contributed by atoms with van der Waals surface area (Å²) in [6.07, 6.45) is 10.6. The first kappa shape index (κ1) is 19.7. The molecule has 2 atom stereocenters. The summed E-state index contributed by atoms with van der Waals surface area (Å²) in [5.41, 5.74) is 9.06. The molecule has 1 saturated carbocycles. The van der Waals surface area contributed by atoms with Gasteiger partial charge in [0.15, 0.2) is 0 Å². The van der Waals surface area contributed by atoms with Crippen molar-refractivity contribution in [2.75, 3.05) is 7.05 Å². The van der Waals surface area contributed by atoms with Crippen LogP contribution in [0.4, 0.5) is 0 Å². The molecular weight excluding hydrogens is 302 g/mol. The maximum Gasteiger partial charge on any atom is -0.0159 e. The van der Waals surface area contributed by atoms with Crippen LogP contribution in [0.25, 0.3) is 0 Å². The number of nitrogens with two attached hydrogens (primary N) is 1. The molecule has 0 amide bonds. The van der Waals surface area contributed by atoms with E-state index in [4.69, 9.17) is 0 Å². The molecule has 2 N–H and O–H groups in total. The molecule has 0 heterocycles. The Hall–Kier alpha value is -1.60. The summed E-state index contributed by atoms with van der Waals surface area (Å²) in [5, 5.41) is 0. The molecule has 1 aliphatic carbocycles. The van der Waals surface area contributed by atoms with E-state index in [0.29, 0.717) is 0 Å². The summed E-state index contributed by atoms with van der Waals surface area (Å²) >= 11 is 0. The average molecular weight is 338 g/mol. The molecule has 25 heavy (non-hydrogen) atoms. The number of benzene rings is 2. The highest BCUT2D eigenvalue weighted by Crippen LogP contribution is 2.37. The summed E-state index contributed by atoms with van der Waals surface area (Å²) in [4.78, 5) is 0. The molecule has 3 rings (SSSR count). The normalized spacial score (nSPS) is 19.3. The van der Waals surface area contributed by atoms with Crippen molar-refractivity contribution >= 4 is 0 Å². The van der Waals surface area contributed by atoms with E-state index in [9.17, 15) is 0 Å². The minimum atomic E-state index is 0.824. The van der Waals surface area contributed by atoms with Crippen molar-refractivity contribution in [2.45, 2.75) is 64.2 Å².